The zero-order valence-corrected chi connectivity index (χ0v) is 12.7. The summed E-state index contributed by atoms with van der Waals surface area (Å²) in [4.78, 5) is 12.3. The fraction of sp³-hybridized carbons (Fsp3) is 0.588. The summed E-state index contributed by atoms with van der Waals surface area (Å²) >= 11 is 0. The summed E-state index contributed by atoms with van der Waals surface area (Å²) in [7, 11) is 0. The van der Waals surface area contributed by atoms with Crippen LogP contribution in [0.5, 0.6) is 5.75 Å². The SMILES string of the molecule is CCCOc1ccccc1C(=O)CCC(CC)CCN. The summed E-state index contributed by atoms with van der Waals surface area (Å²) in [5.74, 6) is 1.44. The van der Waals surface area contributed by atoms with Gasteiger partial charge in [0.05, 0.1) is 12.2 Å². The molecule has 1 atom stereocenters. The first-order valence-electron chi connectivity index (χ1n) is 7.68. The largest absolute Gasteiger partial charge is 0.493 e. The quantitative estimate of drug-likeness (QED) is 0.662. The van der Waals surface area contributed by atoms with Gasteiger partial charge in [-0.2, -0.15) is 0 Å². The Kier molecular flexibility index (Phi) is 7.97. The fourth-order valence-corrected chi connectivity index (χ4v) is 2.29. The molecule has 1 unspecified atom stereocenters. The van der Waals surface area contributed by atoms with Gasteiger partial charge in [0.15, 0.2) is 5.78 Å². The summed E-state index contributed by atoms with van der Waals surface area (Å²) < 4.78 is 5.65. The van der Waals surface area contributed by atoms with Gasteiger partial charge in [-0.3, -0.25) is 4.79 Å². The average Bonchev–Trinajstić information content (AvgIpc) is 2.49. The Morgan fingerprint density at radius 1 is 1.25 bits per heavy atom. The molecule has 0 saturated carbocycles. The van der Waals surface area contributed by atoms with Crippen molar-refractivity contribution < 1.29 is 9.53 Å². The second-order valence-electron chi connectivity index (χ2n) is 5.16. The monoisotopic (exact) mass is 277 g/mol. The van der Waals surface area contributed by atoms with Crippen molar-refractivity contribution in [1.82, 2.24) is 0 Å². The number of nitrogens with two attached hydrogens (primary N) is 1. The maximum atomic E-state index is 12.3. The number of para-hydroxylation sites is 1. The first-order valence-corrected chi connectivity index (χ1v) is 7.68. The number of carbonyl (C=O) groups excluding carboxylic acids is 1. The van der Waals surface area contributed by atoms with Crippen LogP contribution in [0.4, 0.5) is 0 Å². The van der Waals surface area contributed by atoms with Crippen molar-refractivity contribution in [2.45, 2.75) is 46.0 Å². The molecule has 1 rings (SSSR count). The minimum Gasteiger partial charge on any atom is -0.493 e. The molecule has 0 aromatic heterocycles. The lowest BCUT2D eigenvalue weighted by atomic mass is 9.93. The number of Topliss-reactive ketones (excluding diaryl/α,β-unsaturated/α-hetero) is 1. The van der Waals surface area contributed by atoms with Crippen LogP contribution < -0.4 is 10.5 Å². The predicted molar refractivity (Wildman–Crippen MR) is 83.2 cm³/mol. The predicted octanol–water partition coefficient (Wildman–Crippen LogP) is 3.81. The maximum absolute atomic E-state index is 12.3. The van der Waals surface area contributed by atoms with E-state index in [9.17, 15) is 4.79 Å². The van der Waals surface area contributed by atoms with E-state index in [-0.39, 0.29) is 5.78 Å². The third-order valence-electron chi connectivity index (χ3n) is 3.58. The van der Waals surface area contributed by atoms with E-state index in [1.165, 1.54) is 0 Å². The highest BCUT2D eigenvalue weighted by Gasteiger charge is 2.14. The molecule has 20 heavy (non-hydrogen) atoms. The Morgan fingerprint density at radius 3 is 2.65 bits per heavy atom. The van der Waals surface area contributed by atoms with E-state index in [1.807, 2.05) is 24.3 Å². The molecular weight excluding hydrogens is 250 g/mol. The Hall–Kier alpha value is -1.35. The number of hydrogen-bond donors (Lipinski definition) is 1. The fourth-order valence-electron chi connectivity index (χ4n) is 2.29. The van der Waals surface area contributed by atoms with Crippen molar-refractivity contribution in [3.63, 3.8) is 0 Å². The molecule has 1 aromatic carbocycles. The Labute approximate surface area is 122 Å². The lowest BCUT2D eigenvalue weighted by Gasteiger charge is -2.14. The molecule has 3 heteroatoms. The highest BCUT2D eigenvalue weighted by atomic mass is 16.5. The van der Waals surface area contributed by atoms with Crippen molar-refractivity contribution in [3.05, 3.63) is 29.8 Å². The minimum atomic E-state index is 0.173. The van der Waals surface area contributed by atoms with Gasteiger partial charge in [0.25, 0.3) is 0 Å². The number of ether oxygens (including phenoxy) is 1. The van der Waals surface area contributed by atoms with E-state index >= 15 is 0 Å². The van der Waals surface area contributed by atoms with Crippen molar-refractivity contribution in [2.75, 3.05) is 13.2 Å². The number of rotatable bonds is 10. The van der Waals surface area contributed by atoms with E-state index in [0.717, 1.165) is 25.7 Å². The van der Waals surface area contributed by atoms with Crippen LogP contribution in [0.2, 0.25) is 0 Å². The molecule has 112 valence electrons. The van der Waals surface area contributed by atoms with Crippen molar-refractivity contribution >= 4 is 5.78 Å². The molecule has 0 radical (unpaired) electrons. The molecule has 0 aliphatic carbocycles. The standard InChI is InChI=1S/C17H27NO2/c1-3-13-20-17-8-6-5-7-15(17)16(19)10-9-14(4-2)11-12-18/h5-8,14H,3-4,9-13,18H2,1-2H3. The van der Waals surface area contributed by atoms with E-state index < -0.39 is 0 Å². The minimum absolute atomic E-state index is 0.173. The van der Waals surface area contributed by atoms with Gasteiger partial charge in [-0.1, -0.05) is 32.4 Å². The average molecular weight is 277 g/mol. The van der Waals surface area contributed by atoms with Crippen LogP contribution >= 0.6 is 0 Å². The van der Waals surface area contributed by atoms with Gasteiger partial charge in [0, 0.05) is 6.42 Å². The van der Waals surface area contributed by atoms with Gasteiger partial charge >= 0.3 is 0 Å². The van der Waals surface area contributed by atoms with Crippen LogP contribution in [-0.4, -0.2) is 18.9 Å². The van der Waals surface area contributed by atoms with E-state index in [0.29, 0.717) is 36.8 Å². The Balaban J connectivity index is 2.62. The van der Waals surface area contributed by atoms with E-state index in [4.69, 9.17) is 10.5 Å². The van der Waals surface area contributed by atoms with Crippen LogP contribution in [0.25, 0.3) is 0 Å². The summed E-state index contributed by atoms with van der Waals surface area (Å²) in [6, 6.07) is 7.53. The number of carbonyl (C=O) groups is 1. The highest BCUT2D eigenvalue weighted by molar-refractivity contribution is 5.98. The van der Waals surface area contributed by atoms with Gasteiger partial charge in [-0.25, -0.2) is 0 Å². The smallest absolute Gasteiger partial charge is 0.166 e. The molecule has 2 N–H and O–H groups in total. The number of hydrogen-bond acceptors (Lipinski definition) is 3. The lowest BCUT2D eigenvalue weighted by molar-refractivity contribution is 0.0968. The summed E-state index contributed by atoms with van der Waals surface area (Å²) in [5.41, 5.74) is 6.31. The van der Waals surface area contributed by atoms with Crippen molar-refractivity contribution in [2.24, 2.45) is 11.7 Å². The van der Waals surface area contributed by atoms with Crippen LogP contribution in [0.1, 0.15) is 56.3 Å². The second kappa shape index (κ2) is 9.54. The summed E-state index contributed by atoms with van der Waals surface area (Å²) in [6.07, 6.45) is 4.51. The zero-order valence-electron chi connectivity index (χ0n) is 12.7. The molecule has 0 amide bonds. The maximum Gasteiger partial charge on any atom is 0.166 e. The van der Waals surface area contributed by atoms with E-state index in [2.05, 4.69) is 13.8 Å². The highest BCUT2D eigenvalue weighted by Crippen LogP contribution is 2.23. The topological polar surface area (TPSA) is 52.3 Å². The van der Waals surface area contributed by atoms with Gasteiger partial charge in [-0.15, -0.1) is 0 Å². The van der Waals surface area contributed by atoms with Gasteiger partial charge in [0.2, 0.25) is 0 Å². The van der Waals surface area contributed by atoms with Crippen molar-refractivity contribution in [1.29, 1.82) is 0 Å². The van der Waals surface area contributed by atoms with Gasteiger partial charge in [-0.05, 0) is 43.9 Å². The molecular formula is C17H27NO2. The third kappa shape index (κ3) is 5.33. The molecule has 1 aromatic rings. The normalized spacial score (nSPS) is 12.2. The zero-order chi connectivity index (χ0) is 14.8. The molecule has 0 aliphatic rings. The first-order chi connectivity index (χ1) is 9.72. The van der Waals surface area contributed by atoms with Crippen LogP contribution in [0, 0.1) is 5.92 Å². The molecule has 0 fully saturated rings. The lowest BCUT2D eigenvalue weighted by Crippen LogP contribution is -2.11. The van der Waals surface area contributed by atoms with Crippen LogP contribution in [0.15, 0.2) is 24.3 Å². The molecule has 0 spiro atoms. The number of benzene rings is 1. The van der Waals surface area contributed by atoms with Crippen molar-refractivity contribution in [3.8, 4) is 5.75 Å². The molecule has 0 saturated heterocycles. The van der Waals surface area contributed by atoms with Gasteiger partial charge < -0.3 is 10.5 Å². The second-order valence-corrected chi connectivity index (χ2v) is 5.16. The molecule has 3 nitrogen and oxygen atoms in total. The van der Waals surface area contributed by atoms with E-state index in [1.54, 1.807) is 0 Å². The molecule has 0 bridgehead atoms. The Bertz CT molecular complexity index is 404. The molecule has 0 aliphatic heterocycles. The van der Waals surface area contributed by atoms with Crippen LogP contribution in [-0.2, 0) is 0 Å². The first kappa shape index (κ1) is 16.7. The van der Waals surface area contributed by atoms with Gasteiger partial charge in [0.1, 0.15) is 5.75 Å². The number of ketones is 1. The third-order valence-corrected chi connectivity index (χ3v) is 3.58. The Morgan fingerprint density at radius 2 is 2.00 bits per heavy atom. The summed E-state index contributed by atoms with van der Waals surface area (Å²) in [6.45, 7) is 5.56. The van der Waals surface area contributed by atoms with Crippen LogP contribution in [0.3, 0.4) is 0 Å². The summed E-state index contributed by atoms with van der Waals surface area (Å²) in [5, 5.41) is 0. The molecule has 0 heterocycles.